The summed E-state index contributed by atoms with van der Waals surface area (Å²) in [5.41, 5.74) is 5.59. The summed E-state index contributed by atoms with van der Waals surface area (Å²) in [4.78, 5) is 13.7. The van der Waals surface area contributed by atoms with Crippen LogP contribution in [-0.2, 0) is 17.9 Å². The predicted octanol–water partition coefficient (Wildman–Crippen LogP) is 2.86. The van der Waals surface area contributed by atoms with E-state index in [0.29, 0.717) is 6.42 Å². The van der Waals surface area contributed by atoms with E-state index in [1.165, 1.54) is 11.1 Å². The van der Waals surface area contributed by atoms with Crippen molar-refractivity contribution in [1.82, 2.24) is 15.5 Å². The molecule has 23 heavy (non-hydrogen) atoms. The standard InChI is InChI=1S/C17H22N4O.ClH/c1-12-16(13(2)20-19-12)11-18-10-14-5-3-6-15(9-14)21-8-4-7-17(21)22;/h3,5-6,9,18H,4,7-8,10-11H2,1-2H3,(H,19,20);1H. The number of rotatable bonds is 5. The first kappa shape index (κ1) is 17.5. The summed E-state index contributed by atoms with van der Waals surface area (Å²) in [6.45, 7) is 6.46. The van der Waals surface area contributed by atoms with Crippen molar-refractivity contribution < 1.29 is 4.79 Å². The molecule has 5 nitrogen and oxygen atoms in total. The maximum Gasteiger partial charge on any atom is 0.227 e. The number of aromatic amines is 1. The summed E-state index contributed by atoms with van der Waals surface area (Å²) in [6, 6.07) is 8.22. The van der Waals surface area contributed by atoms with Crippen LogP contribution in [0.5, 0.6) is 0 Å². The molecule has 2 heterocycles. The van der Waals surface area contributed by atoms with Crippen LogP contribution >= 0.6 is 12.4 Å². The summed E-state index contributed by atoms with van der Waals surface area (Å²) < 4.78 is 0. The van der Waals surface area contributed by atoms with Crippen LogP contribution in [0, 0.1) is 13.8 Å². The number of nitrogens with zero attached hydrogens (tertiary/aromatic N) is 2. The fourth-order valence-corrected chi connectivity index (χ4v) is 2.92. The summed E-state index contributed by atoms with van der Waals surface area (Å²) in [5.74, 6) is 0.231. The number of carbonyl (C=O) groups excluding carboxylic acids is 1. The zero-order valence-corrected chi connectivity index (χ0v) is 14.4. The Morgan fingerprint density at radius 3 is 2.78 bits per heavy atom. The normalized spacial score (nSPS) is 14.2. The largest absolute Gasteiger partial charge is 0.312 e. The zero-order valence-electron chi connectivity index (χ0n) is 13.6. The molecule has 2 N–H and O–H groups in total. The molecule has 2 aromatic rings. The average molecular weight is 335 g/mol. The lowest BCUT2D eigenvalue weighted by molar-refractivity contribution is -0.117. The average Bonchev–Trinajstić information content (AvgIpc) is 3.07. The van der Waals surface area contributed by atoms with Crippen molar-refractivity contribution in [3.63, 3.8) is 0 Å². The van der Waals surface area contributed by atoms with Crippen LogP contribution < -0.4 is 10.2 Å². The van der Waals surface area contributed by atoms with Crippen LogP contribution in [0.15, 0.2) is 24.3 Å². The molecule has 0 saturated carbocycles. The Labute approximate surface area is 142 Å². The summed E-state index contributed by atoms with van der Waals surface area (Å²) >= 11 is 0. The van der Waals surface area contributed by atoms with Gasteiger partial charge in [0.05, 0.1) is 5.69 Å². The quantitative estimate of drug-likeness (QED) is 0.884. The molecule has 1 saturated heterocycles. The first-order chi connectivity index (χ1) is 10.6. The molecule has 1 aromatic heterocycles. The van der Waals surface area contributed by atoms with E-state index in [4.69, 9.17) is 0 Å². The van der Waals surface area contributed by atoms with Crippen molar-refractivity contribution in [1.29, 1.82) is 0 Å². The van der Waals surface area contributed by atoms with Crippen molar-refractivity contribution >= 4 is 24.0 Å². The Bertz CT molecular complexity index is 663. The van der Waals surface area contributed by atoms with E-state index in [1.54, 1.807) is 0 Å². The Balaban J connectivity index is 0.00000192. The van der Waals surface area contributed by atoms with E-state index in [9.17, 15) is 4.79 Å². The number of aryl methyl sites for hydroxylation is 2. The Hall–Kier alpha value is -1.85. The molecular weight excluding hydrogens is 312 g/mol. The van der Waals surface area contributed by atoms with Crippen LogP contribution in [0.2, 0.25) is 0 Å². The fraction of sp³-hybridized carbons (Fsp3) is 0.412. The van der Waals surface area contributed by atoms with Crippen LogP contribution in [0.1, 0.15) is 35.4 Å². The molecule has 1 aliphatic heterocycles. The van der Waals surface area contributed by atoms with Crippen LogP contribution in [0.3, 0.4) is 0 Å². The van der Waals surface area contributed by atoms with E-state index in [2.05, 4.69) is 27.6 Å². The Morgan fingerprint density at radius 2 is 2.13 bits per heavy atom. The van der Waals surface area contributed by atoms with E-state index < -0.39 is 0 Å². The van der Waals surface area contributed by atoms with Gasteiger partial charge in [0.25, 0.3) is 0 Å². The number of halogens is 1. The predicted molar refractivity (Wildman–Crippen MR) is 93.9 cm³/mol. The number of carbonyl (C=O) groups is 1. The van der Waals surface area contributed by atoms with Gasteiger partial charge in [-0.3, -0.25) is 9.89 Å². The lowest BCUT2D eigenvalue weighted by Gasteiger charge is -2.16. The lowest BCUT2D eigenvalue weighted by atomic mass is 10.1. The number of anilines is 1. The van der Waals surface area contributed by atoms with Crippen molar-refractivity contribution in [3.05, 3.63) is 46.8 Å². The second-order valence-corrected chi connectivity index (χ2v) is 5.83. The minimum atomic E-state index is 0. The van der Waals surface area contributed by atoms with Gasteiger partial charge >= 0.3 is 0 Å². The highest BCUT2D eigenvalue weighted by Gasteiger charge is 2.21. The number of nitrogens with one attached hydrogen (secondary N) is 2. The molecule has 0 bridgehead atoms. The smallest absolute Gasteiger partial charge is 0.227 e. The molecule has 1 aromatic carbocycles. The summed E-state index contributed by atoms with van der Waals surface area (Å²) in [5, 5.41) is 10.7. The molecule has 6 heteroatoms. The summed E-state index contributed by atoms with van der Waals surface area (Å²) in [7, 11) is 0. The molecule has 0 atom stereocenters. The lowest BCUT2D eigenvalue weighted by Crippen LogP contribution is -2.24. The molecule has 3 rings (SSSR count). The first-order valence-corrected chi connectivity index (χ1v) is 7.75. The highest BCUT2D eigenvalue weighted by atomic mass is 35.5. The molecule has 0 aliphatic carbocycles. The van der Waals surface area contributed by atoms with Gasteiger partial charge in [-0.25, -0.2) is 0 Å². The van der Waals surface area contributed by atoms with Gasteiger partial charge in [-0.2, -0.15) is 5.10 Å². The molecule has 1 amide bonds. The molecule has 1 fully saturated rings. The minimum Gasteiger partial charge on any atom is -0.312 e. The van der Waals surface area contributed by atoms with Crippen molar-refractivity contribution in [2.24, 2.45) is 0 Å². The first-order valence-electron chi connectivity index (χ1n) is 7.75. The van der Waals surface area contributed by atoms with Gasteiger partial charge in [0.1, 0.15) is 0 Å². The second-order valence-electron chi connectivity index (χ2n) is 5.83. The molecule has 0 spiro atoms. The maximum atomic E-state index is 11.8. The van der Waals surface area contributed by atoms with E-state index in [1.807, 2.05) is 30.9 Å². The minimum absolute atomic E-state index is 0. The van der Waals surface area contributed by atoms with Gasteiger partial charge in [0, 0.05) is 43.0 Å². The topological polar surface area (TPSA) is 61.0 Å². The molecule has 1 aliphatic rings. The third-order valence-corrected chi connectivity index (χ3v) is 4.21. The number of hydrogen-bond donors (Lipinski definition) is 2. The van der Waals surface area contributed by atoms with Crippen molar-refractivity contribution in [2.45, 2.75) is 39.8 Å². The number of aromatic nitrogens is 2. The van der Waals surface area contributed by atoms with E-state index in [0.717, 1.165) is 43.1 Å². The number of hydrogen-bond acceptors (Lipinski definition) is 3. The van der Waals surface area contributed by atoms with Crippen molar-refractivity contribution in [2.75, 3.05) is 11.4 Å². The van der Waals surface area contributed by atoms with Gasteiger partial charge in [-0.05, 0) is 38.0 Å². The third kappa shape index (κ3) is 3.92. The van der Waals surface area contributed by atoms with E-state index >= 15 is 0 Å². The van der Waals surface area contributed by atoms with Gasteiger partial charge in [-0.1, -0.05) is 12.1 Å². The Kier molecular flexibility index (Phi) is 5.80. The van der Waals surface area contributed by atoms with Crippen molar-refractivity contribution in [3.8, 4) is 0 Å². The molecule has 0 unspecified atom stereocenters. The van der Waals surface area contributed by atoms with Gasteiger partial charge in [0.15, 0.2) is 0 Å². The van der Waals surface area contributed by atoms with Gasteiger partial charge < -0.3 is 10.2 Å². The number of benzene rings is 1. The second kappa shape index (κ2) is 7.62. The highest BCUT2D eigenvalue weighted by Crippen LogP contribution is 2.22. The fourth-order valence-electron chi connectivity index (χ4n) is 2.92. The van der Waals surface area contributed by atoms with Crippen LogP contribution in [0.25, 0.3) is 0 Å². The highest BCUT2D eigenvalue weighted by molar-refractivity contribution is 5.95. The maximum absolute atomic E-state index is 11.8. The Morgan fingerprint density at radius 1 is 1.30 bits per heavy atom. The zero-order chi connectivity index (χ0) is 15.5. The van der Waals surface area contributed by atoms with Crippen LogP contribution in [0.4, 0.5) is 5.69 Å². The molecule has 0 radical (unpaired) electrons. The molecule has 124 valence electrons. The number of amides is 1. The monoisotopic (exact) mass is 334 g/mol. The van der Waals surface area contributed by atoms with E-state index in [-0.39, 0.29) is 18.3 Å². The van der Waals surface area contributed by atoms with Gasteiger partial charge in [-0.15, -0.1) is 12.4 Å². The number of H-pyrrole nitrogens is 1. The van der Waals surface area contributed by atoms with Crippen LogP contribution in [-0.4, -0.2) is 22.6 Å². The third-order valence-electron chi connectivity index (χ3n) is 4.21. The van der Waals surface area contributed by atoms with Gasteiger partial charge in [0.2, 0.25) is 5.91 Å². The SMILES string of the molecule is Cc1n[nH]c(C)c1CNCc1cccc(N2CCCC2=O)c1.Cl. The summed E-state index contributed by atoms with van der Waals surface area (Å²) in [6.07, 6.45) is 1.63. The molecular formula is C17H23ClN4O.